The molecule has 36 heavy (non-hydrogen) atoms. The van der Waals surface area contributed by atoms with E-state index in [2.05, 4.69) is 135 Å². The van der Waals surface area contributed by atoms with Crippen LogP contribution in [0.15, 0.2) is 109 Å². The number of benzene rings is 5. The summed E-state index contributed by atoms with van der Waals surface area (Å²) < 4.78 is 0. The Morgan fingerprint density at radius 1 is 0.306 bits per heavy atom. The second kappa shape index (κ2) is 7.52. The topological polar surface area (TPSA) is 0 Å². The van der Waals surface area contributed by atoms with Crippen LogP contribution in [-0.2, 0) is 0 Å². The van der Waals surface area contributed by atoms with Gasteiger partial charge in [-0.2, -0.15) is 0 Å². The van der Waals surface area contributed by atoms with Crippen LogP contribution in [-0.4, -0.2) is 16.1 Å². The van der Waals surface area contributed by atoms with E-state index in [0.717, 1.165) is 0 Å². The van der Waals surface area contributed by atoms with Gasteiger partial charge in [0.05, 0.1) is 0 Å². The minimum absolute atomic E-state index is 1.37. The summed E-state index contributed by atoms with van der Waals surface area (Å²) in [6.45, 7) is 10.1. The van der Waals surface area contributed by atoms with Gasteiger partial charge in [0, 0.05) is 0 Å². The third-order valence-electron chi connectivity index (χ3n) is 8.67. The van der Waals surface area contributed by atoms with Crippen molar-refractivity contribution in [2.45, 2.75) is 26.2 Å². The molecule has 0 saturated heterocycles. The SMILES string of the molecule is C[Si]1(C)c2ccccc2-c2cccc(-c3ccccc3-c3cccc4c3[Si](C)(C)c3ccccc3-4)c21. The van der Waals surface area contributed by atoms with E-state index in [1.807, 2.05) is 0 Å². The summed E-state index contributed by atoms with van der Waals surface area (Å²) in [5.41, 5.74) is 11.3. The van der Waals surface area contributed by atoms with E-state index in [9.17, 15) is 0 Å². The zero-order valence-corrected chi connectivity index (χ0v) is 23.4. The van der Waals surface area contributed by atoms with Crippen molar-refractivity contribution in [1.29, 1.82) is 0 Å². The largest absolute Gasteiger partial charge is 0.114 e. The molecule has 0 atom stereocenters. The van der Waals surface area contributed by atoms with Crippen molar-refractivity contribution in [2.75, 3.05) is 0 Å². The molecule has 0 saturated carbocycles. The minimum atomic E-state index is -1.82. The lowest BCUT2D eigenvalue weighted by Gasteiger charge is -2.26. The molecule has 0 fully saturated rings. The van der Waals surface area contributed by atoms with Gasteiger partial charge in [0.25, 0.3) is 0 Å². The van der Waals surface area contributed by atoms with Crippen molar-refractivity contribution >= 4 is 36.9 Å². The lowest BCUT2D eigenvalue weighted by molar-refractivity contribution is 1.60. The zero-order chi connectivity index (χ0) is 24.7. The van der Waals surface area contributed by atoms with Gasteiger partial charge in [-0.3, -0.25) is 0 Å². The maximum Gasteiger partial charge on any atom is 0.114 e. The molecule has 5 aromatic rings. The van der Waals surface area contributed by atoms with Crippen molar-refractivity contribution in [3.05, 3.63) is 109 Å². The monoisotopic (exact) mass is 494 g/mol. The van der Waals surface area contributed by atoms with E-state index in [4.69, 9.17) is 0 Å². The Morgan fingerprint density at radius 3 is 0.972 bits per heavy atom. The van der Waals surface area contributed by atoms with Gasteiger partial charge in [0.15, 0.2) is 0 Å². The fraction of sp³-hybridized carbons (Fsp3) is 0.118. The van der Waals surface area contributed by atoms with Gasteiger partial charge in [-0.15, -0.1) is 0 Å². The summed E-state index contributed by atoms with van der Waals surface area (Å²) in [7, 11) is -3.65. The Morgan fingerprint density at radius 2 is 0.583 bits per heavy atom. The molecule has 2 heterocycles. The summed E-state index contributed by atoms with van der Waals surface area (Å²) in [5.74, 6) is 0. The van der Waals surface area contributed by atoms with Crippen molar-refractivity contribution in [3.8, 4) is 44.5 Å². The highest BCUT2D eigenvalue weighted by Crippen LogP contribution is 2.39. The lowest BCUT2D eigenvalue weighted by Crippen LogP contribution is -2.50. The first-order valence-corrected chi connectivity index (χ1v) is 19.0. The fourth-order valence-electron chi connectivity index (χ4n) is 7.10. The second-order valence-corrected chi connectivity index (χ2v) is 19.9. The maximum absolute atomic E-state index is 2.52. The molecular formula is C34H30Si2. The Labute approximate surface area is 216 Å². The highest BCUT2D eigenvalue weighted by Gasteiger charge is 2.41. The van der Waals surface area contributed by atoms with Crippen molar-refractivity contribution in [3.63, 3.8) is 0 Å². The van der Waals surface area contributed by atoms with Crippen LogP contribution < -0.4 is 20.7 Å². The molecule has 0 bridgehead atoms. The molecular weight excluding hydrogens is 465 g/mol. The first kappa shape index (κ1) is 21.8. The van der Waals surface area contributed by atoms with Gasteiger partial charge >= 0.3 is 0 Å². The predicted octanol–water partition coefficient (Wildman–Crippen LogP) is 6.63. The molecule has 7 rings (SSSR count). The molecule has 0 amide bonds. The van der Waals surface area contributed by atoms with Crippen LogP contribution in [0.5, 0.6) is 0 Å². The van der Waals surface area contributed by atoms with E-state index in [-0.39, 0.29) is 0 Å². The second-order valence-electron chi connectivity index (χ2n) is 11.3. The molecule has 0 unspecified atom stereocenters. The normalized spacial score (nSPS) is 15.7. The van der Waals surface area contributed by atoms with Crippen molar-refractivity contribution in [2.24, 2.45) is 0 Å². The fourth-order valence-corrected chi connectivity index (χ4v) is 14.0. The average molecular weight is 495 g/mol. The Balaban J connectivity index is 1.50. The highest BCUT2D eigenvalue weighted by molar-refractivity contribution is 7.05. The number of rotatable bonds is 2. The van der Waals surface area contributed by atoms with Crippen LogP contribution >= 0.6 is 0 Å². The van der Waals surface area contributed by atoms with Crippen LogP contribution in [0.1, 0.15) is 0 Å². The zero-order valence-electron chi connectivity index (χ0n) is 21.4. The molecule has 2 aliphatic rings. The van der Waals surface area contributed by atoms with Crippen LogP contribution in [0.3, 0.4) is 0 Å². The van der Waals surface area contributed by atoms with Gasteiger partial charge in [-0.05, 0) is 65.3 Å². The van der Waals surface area contributed by atoms with E-state index in [1.165, 1.54) is 44.5 Å². The molecule has 0 nitrogen and oxygen atoms in total. The summed E-state index contributed by atoms with van der Waals surface area (Å²) in [6.07, 6.45) is 0. The third-order valence-corrected chi connectivity index (χ3v) is 15.8. The summed E-state index contributed by atoms with van der Waals surface area (Å²) >= 11 is 0. The quantitative estimate of drug-likeness (QED) is 0.242. The molecule has 5 aromatic carbocycles. The molecule has 174 valence electrons. The smallest absolute Gasteiger partial charge is 0.0623 e. The highest BCUT2D eigenvalue weighted by atomic mass is 28.3. The molecule has 0 aliphatic carbocycles. The van der Waals surface area contributed by atoms with Crippen molar-refractivity contribution in [1.82, 2.24) is 0 Å². The Kier molecular flexibility index (Phi) is 4.55. The van der Waals surface area contributed by atoms with E-state index < -0.39 is 16.1 Å². The van der Waals surface area contributed by atoms with Gasteiger partial charge < -0.3 is 0 Å². The van der Waals surface area contributed by atoms with Crippen LogP contribution in [0, 0.1) is 0 Å². The first-order valence-electron chi connectivity index (χ1n) is 13.0. The standard InChI is InChI=1S/C34H30Si2/c1-35(2)31-21-9-7-15-25(31)29-19-11-17-27(33(29)35)23-13-5-6-14-24(23)28-18-12-20-30-26-16-8-10-22-32(26)36(3,4)34(28)30/h5-22H,1-4H3. The Bertz CT molecular complexity index is 1560. The van der Waals surface area contributed by atoms with Crippen molar-refractivity contribution < 1.29 is 0 Å². The third kappa shape index (κ3) is 2.80. The van der Waals surface area contributed by atoms with Gasteiger partial charge in [-0.25, -0.2) is 0 Å². The maximum atomic E-state index is 2.52. The summed E-state index contributed by atoms with van der Waals surface area (Å²) in [6, 6.07) is 41.3. The van der Waals surface area contributed by atoms with E-state index in [0.29, 0.717) is 0 Å². The summed E-state index contributed by atoms with van der Waals surface area (Å²) in [5, 5.41) is 6.31. The van der Waals surface area contributed by atoms with Crippen LogP contribution in [0.4, 0.5) is 0 Å². The lowest BCUT2D eigenvalue weighted by atomic mass is 9.91. The minimum Gasteiger partial charge on any atom is -0.0623 e. The molecule has 2 heteroatoms. The Hall–Kier alpha value is -3.47. The van der Waals surface area contributed by atoms with Gasteiger partial charge in [-0.1, -0.05) is 135 Å². The first-order chi connectivity index (χ1) is 17.4. The van der Waals surface area contributed by atoms with Crippen LogP contribution in [0.25, 0.3) is 44.5 Å². The number of hydrogen-bond acceptors (Lipinski definition) is 0. The van der Waals surface area contributed by atoms with E-state index >= 15 is 0 Å². The van der Waals surface area contributed by atoms with Gasteiger partial charge in [0.1, 0.15) is 16.1 Å². The summed E-state index contributed by atoms with van der Waals surface area (Å²) in [4.78, 5) is 0. The predicted molar refractivity (Wildman–Crippen MR) is 162 cm³/mol. The number of hydrogen-bond donors (Lipinski definition) is 0. The average Bonchev–Trinajstić information content (AvgIpc) is 3.29. The number of fused-ring (bicyclic) bond motifs is 6. The van der Waals surface area contributed by atoms with E-state index in [1.54, 1.807) is 20.7 Å². The molecule has 0 aromatic heterocycles. The van der Waals surface area contributed by atoms with Crippen LogP contribution in [0.2, 0.25) is 26.2 Å². The van der Waals surface area contributed by atoms with Gasteiger partial charge in [0.2, 0.25) is 0 Å². The molecule has 0 N–H and O–H groups in total. The molecule has 0 radical (unpaired) electrons. The molecule has 2 aliphatic heterocycles. The molecule has 0 spiro atoms.